The predicted molar refractivity (Wildman–Crippen MR) is 77.5 cm³/mol. The Morgan fingerprint density at radius 2 is 1.30 bits per heavy atom. The number of ether oxygens (including phenoxy) is 2. The predicted octanol–water partition coefficient (Wildman–Crippen LogP) is 1.31. The molecule has 0 aliphatic carbocycles. The summed E-state index contributed by atoms with van der Waals surface area (Å²) in [5.41, 5.74) is 2.21. The van der Waals surface area contributed by atoms with Crippen molar-refractivity contribution in [3.8, 4) is 11.5 Å². The monoisotopic (exact) mass is 262 g/mol. The molecule has 0 aromatic heterocycles. The average Bonchev–Trinajstić information content (AvgIpc) is 2.46. The van der Waals surface area contributed by atoms with Crippen molar-refractivity contribution >= 4 is 26.7 Å². The molecule has 0 unspecified atom stereocenters. The number of benzene rings is 2. The van der Waals surface area contributed by atoms with Crippen LogP contribution in [0.4, 0.5) is 0 Å². The van der Waals surface area contributed by atoms with E-state index in [1.165, 1.54) is 0 Å². The minimum atomic E-state index is 0.410. The highest BCUT2D eigenvalue weighted by Gasteiger charge is 2.23. The van der Waals surface area contributed by atoms with E-state index in [1.54, 1.807) is 9.62 Å². The maximum atomic E-state index is 5.89. The van der Waals surface area contributed by atoms with Gasteiger partial charge in [-0.1, -0.05) is 12.1 Å². The van der Waals surface area contributed by atoms with E-state index in [2.05, 4.69) is 12.1 Å². The van der Waals surface area contributed by atoms with Gasteiger partial charge < -0.3 is 19.1 Å². The van der Waals surface area contributed by atoms with Gasteiger partial charge in [-0.05, 0) is 22.9 Å². The van der Waals surface area contributed by atoms with E-state index in [9.17, 15) is 0 Å². The number of nitrogens with zero attached hydrogens (tertiary/aromatic N) is 2. The van der Waals surface area contributed by atoms with Gasteiger partial charge in [-0.2, -0.15) is 0 Å². The highest BCUT2D eigenvalue weighted by Crippen LogP contribution is 2.38. The van der Waals surface area contributed by atoms with Gasteiger partial charge in [0.1, 0.15) is 25.0 Å². The Kier molecular flexibility index (Phi) is 2.69. The normalized spacial score (nSPS) is 19.0. The van der Waals surface area contributed by atoms with Crippen LogP contribution in [-0.2, 0) is 13.1 Å². The van der Waals surface area contributed by atoms with E-state index in [1.807, 2.05) is 12.1 Å². The topological polar surface area (TPSA) is 24.9 Å². The van der Waals surface area contributed by atoms with Crippen LogP contribution in [0.3, 0.4) is 0 Å². The van der Waals surface area contributed by atoms with E-state index in [4.69, 9.17) is 25.4 Å². The molecule has 0 amide bonds. The third kappa shape index (κ3) is 1.79. The highest BCUT2D eigenvalue weighted by molar-refractivity contribution is 6.05. The molecule has 2 aliphatic rings. The first kappa shape index (κ1) is 12.1. The van der Waals surface area contributed by atoms with Crippen molar-refractivity contribution < 1.29 is 9.47 Å². The second kappa shape index (κ2) is 4.43. The first-order valence-corrected chi connectivity index (χ1v) is 6.55. The zero-order valence-corrected chi connectivity index (χ0v) is 11.0. The first-order valence-electron chi connectivity index (χ1n) is 6.55. The molecule has 2 heterocycles. The second-order valence-electron chi connectivity index (χ2n) is 5.22. The fourth-order valence-electron chi connectivity index (χ4n) is 2.92. The fourth-order valence-corrected chi connectivity index (χ4v) is 2.92. The van der Waals surface area contributed by atoms with Crippen molar-refractivity contribution in [3.05, 3.63) is 35.4 Å². The maximum Gasteiger partial charge on any atom is 0.187 e. The maximum absolute atomic E-state index is 5.89. The summed E-state index contributed by atoms with van der Waals surface area (Å²) < 4.78 is 11.4. The molecule has 20 heavy (non-hydrogen) atoms. The van der Waals surface area contributed by atoms with Gasteiger partial charge in [0.05, 0.1) is 0 Å². The van der Waals surface area contributed by atoms with Gasteiger partial charge in [-0.25, -0.2) is 0 Å². The number of hydrogen-bond donors (Lipinski definition) is 0. The number of fused-ring (bicyclic) bond motifs is 5. The molecule has 6 heteroatoms. The second-order valence-corrected chi connectivity index (χ2v) is 5.22. The molecule has 0 saturated carbocycles. The van der Waals surface area contributed by atoms with Gasteiger partial charge in [-0.15, -0.1) is 0 Å². The smallest absolute Gasteiger partial charge is 0.187 e. The third-order valence-corrected chi connectivity index (χ3v) is 3.81. The van der Waals surface area contributed by atoms with Gasteiger partial charge in [-0.3, -0.25) is 0 Å². The Morgan fingerprint density at radius 3 is 1.80 bits per heavy atom. The fraction of sp³-hybridized carbons (Fsp3) is 0.286. The van der Waals surface area contributed by atoms with Crippen LogP contribution in [0.1, 0.15) is 11.1 Å². The minimum Gasteiger partial charge on any atom is -0.479 e. The summed E-state index contributed by atoms with van der Waals surface area (Å²) in [6.07, 6.45) is 0. The third-order valence-electron chi connectivity index (χ3n) is 3.81. The summed E-state index contributed by atoms with van der Waals surface area (Å²) in [7, 11) is 11.8. The summed E-state index contributed by atoms with van der Waals surface area (Å²) in [5.74, 6) is 1.78. The van der Waals surface area contributed by atoms with Crippen molar-refractivity contribution in [2.45, 2.75) is 13.1 Å². The van der Waals surface area contributed by atoms with Crippen molar-refractivity contribution in [3.63, 3.8) is 0 Å². The van der Waals surface area contributed by atoms with Crippen LogP contribution in [-0.4, -0.2) is 39.0 Å². The summed E-state index contributed by atoms with van der Waals surface area (Å²) in [4.78, 5) is 3.32. The van der Waals surface area contributed by atoms with Gasteiger partial charge in [0, 0.05) is 24.2 Å². The molecule has 0 N–H and O–H groups in total. The Bertz CT molecular complexity index is 638. The molecular weight excluding hydrogens is 250 g/mol. The summed E-state index contributed by atoms with van der Waals surface area (Å²) >= 11 is 0. The number of rotatable bonds is 0. The Labute approximate surface area is 120 Å². The van der Waals surface area contributed by atoms with Gasteiger partial charge >= 0.3 is 0 Å². The van der Waals surface area contributed by atoms with Crippen LogP contribution in [0.25, 0.3) is 10.8 Å². The quantitative estimate of drug-likeness (QED) is 0.668. The van der Waals surface area contributed by atoms with E-state index in [-0.39, 0.29) is 0 Å². The van der Waals surface area contributed by atoms with Crippen LogP contribution < -0.4 is 9.47 Å². The molecule has 0 spiro atoms. The zero-order chi connectivity index (χ0) is 13.7. The molecule has 0 atom stereocenters. The zero-order valence-electron chi connectivity index (χ0n) is 11.0. The van der Waals surface area contributed by atoms with Gasteiger partial charge in [0.15, 0.2) is 16.0 Å². The molecule has 2 aromatic carbocycles. The number of hydrogen-bond acceptors (Lipinski definition) is 4. The lowest BCUT2D eigenvalue weighted by Gasteiger charge is -2.31. The van der Waals surface area contributed by atoms with Crippen molar-refractivity contribution in [1.29, 1.82) is 0 Å². The van der Waals surface area contributed by atoms with E-state index < -0.39 is 0 Å². The van der Waals surface area contributed by atoms with Gasteiger partial charge in [0.25, 0.3) is 0 Å². The molecule has 0 saturated heterocycles. The summed E-state index contributed by atoms with van der Waals surface area (Å²) in [6.45, 7) is 2.14. The van der Waals surface area contributed by atoms with Crippen LogP contribution in [0.2, 0.25) is 0 Å². The molecule has 2 aromatic rings. The average molecular weight is 262 g/mol. The molecule has 0 bridgehead atoms. The standard InChI is InChI=1S/C14H12B2N2O2/c15-17-5-10-12(19-7-17)3-1-9-2-4-13-11(14(9)10)6-18(16)8-20-13/h1-4H,5-8H2. The minimum absolute atomic E-state index is 0.410. The molecule has 4 rings (SSSR count). The molecule has 96 valence electrons. The molecule has 4 nitrogen and oxygen atoms in total. The molecular formula is C14H12B2N2O2. The Morgan fingerprint density at radius 1 is 0.800 bits per heavy atom. The van der Waals surface area contributed by atoms with Crippen LogP contribution >= 0.6 is 0 Å². The first-order chi connectivity index (χ1) is 9.72. The molecule has 0 fully saturated rings. The Balaban J connectivity index is 2.00. The highest BCUT2D eigenvalue weighted by atomic mass is 16.5. The van der Waals surface area contributed by atoms with Crippen LogP contribution in [0.15, 0.2) is 24.3 Å². The molecule has 2 aliphatic heterocycles. The summed E-state index contributed by atoms with van der Waals surface area (Å²) in [5, 5.41) is 2.30. The van der Waals surface area contributed by atoms with Crippen molar-refractivity contribution in [2.75, 3.05) is 13.5 Å². The van der Waals surface area contributed by atoms with Crippen LogP contribution in [0.5, 0.6) is 11.5 Å². The lowest BCUT2D eigenvalue weighted by molar-refractivity contribution is 0.171. The van der Waals surface area contributed by atoms with E-state index in [0.717, 1.165) is 33.4 Å². The lowest BCUT2D eigenvalue weighted by atomic mass is 9.95. The SMILES string of the molecule is [B]N1COc2ccc3ccc4c(c3c2C1)CN([B])CO4. The molecule has 4 radical (unpaired) electrons. The van der Waals surface area contributed by atoms with Gasteiger partial charge in [0.2, 0.25) is 0 Å². The van der Waals surface area contributed by atoms with Crippen LogP contribution in [0, 0.1) is 0 Å². The summed E-state index contributed by atoms with van der Waals surface area (Å²) in [6, 6.07) is 8.13. The van der Waals surface area contributed by atoms with E-state index in [0.29, 0.717) is 26.6 Å². The lowest BCUT2D eigenvalue weighted by Crippen LogP contribution is -2.31. The largest absolute Gasteiger partial charge is 0.479 e. The van der Waals surface area contributed by atoms with Crippen molar-refractivity contribution in [1.82, 2.24) is 9.62 Å². The van der Waals surface area contributed by atoms with Crippen molar-refractivity contribution in [2.24, 2.45) is 0 Å². The van der Waals surface area contributed by atoms with E-state index >= 15 is 0 Å². The Hall–Kier alpha value is -1.65.